The maximum Gasteiger partial charge on any atom is 0.224 e. The number of nitrogens with one attached hydrogen (secondary N) is 3. The molecule has 1 aliphatic heterocycles. The van der Waals surface area contributed by atoms with Gasteiger partial charge in [0.05, 0.1) is 13.0 Å². The van der Waals surface area contributed by atoms with Gasteiger partial charge in [0.15, 0.2) is 5.96 Å². The van der Waals surface area contributed by atoms with E-state index in [1.54, 1.807) is 12.1 Å². The summed E-state index contributed by atoms with van der Waals surface area (Å²) in [5.41, 5.74) is 0.672. The molecule has 0 saturated carbocycles. The molecule has 0 unspecified atom stereocenters. The van der Waals surface area contributed by atoms with E-state index in [9.17, 15) is 9.18 Å². The molecule has 6 nitrogen and oxygen atoms in total. The number of benzene rings is 1. The summed E-state index contributed by atoms with van der Waals surface area (Å²) < 4.78 is 13.2. The summed E-state index contributed by atoms with van der Waals surface area (Å²) in [6, 6.07) is 6.56. The number of carbonyl (C=O) groups is 1. The van der Waals surface area contributed by atoms with Gasteiger partial charge in [-0.2, -0.15) is 0 Å². The van der Waals surface area contributed by atoms with Crippen LogP contribution in [0, 0.1) is 5.82 Å². The Labute approximate surface area is 168 Å². The van der Waals surface area contributed by atoms with Crippen LogP contribution in [0.2, 0.25) is 0 Å². The fourth-order valence-electron chi connectivity index (χ4n) is 3.39. The first kappa shape index (κ1) is 22.1. The molecule has 1 heterocycles. The highest BCUT2D eigenvalue weighted by atomic mass is 19.1. The number of amides is 1. The topological polar surface area (TPSA) is 68.8 Å². The quantitative estimate of drug-likeness (QED) is 0.342. The molecule has 1 fully saturated rings. The summed E-state index contributed by atoms with van der Waals surface area (Å²) in [7, 11) is 0. The fourth-order valence-corrected chi connectivity index (χ4v) is 3.39. The molecule has 1 amide bonds. The molecule has 1 saturated heterocycles. The Morgan fingerprint density at radius 1 is 1.25 bits per heavy atom. The van der Waals surface area contributed by atoms with Crippen molar-refractivity contribution in [3.63, 3.8) is 0 Å². The first-order valence-electron chi connectivity index (χ1n) is 10.4. The molecule has 2 rings (SSSR count). The second kappa shape index (κ2) is 12.3. The molecule has 0 atom stereocenters. The molecule has 1 aliphatic rings. The third kappa shape index (κ3) is 8.25. The summed E-state index contributed by atoms with van der Waals surface area (Å²) in [5.74, 6) is 0.356. The van der Waals surface area contributed by atoms with Crippen molar-refractivity contribution in [3.8, 4) is 0 Å². The van der Waals surface area contributed by atoms with Gasteiger partial charge in [-0.15, -0.1) is 0 Å². The zero-order valence-electron chi connectivity index (χ0n) is 17.1. The molecule has 156 valence electrons. The van der Waals surface area contributed by atoms with Gasteiger partial charge in [-0.1, -0.05) is 19.1 Å². The van der Waals surface area contributed by atoms with E-state index in [0.29, 0.717) is 24.7 Å². The number of halogens is 1. The van der Waals surface area contributed by atoms with Gasteiger partial charge in [-0.25, -0.2) is 4.39 Å². The van der Waals surface area contributed by atoms with Crippen LogP contribution in [0.15, 0.2) is 29.3 Å². The zero-order chi connectivity index (χ0) is 20.2. The lowest BCUT2D eigenvalue weighted by Crippen LogP contribution is -2.49. The van der Waals surface area contributed by atoms with Crippen molar-refractivity contribution in [1.82, 2.24) is 20.9 Å². The van der Waals surface area contributed by atoms with Gasteiger partial charge in [-0.3, -0.25) is 9.79 Å². The molecular formula is C21H34FN5O. The smallest absolute Gasteiger partial charge is 0.224 e. The van der Waals surface area contributed by atoms with E-state index < -0.39 is 0 Å². The standard InChI is InChI=1S/C21H34FN5O/c1-3-12-27-13-8-19(9-14-27)26-21(23-4-2)25-11-10-24-20(28)16-17-6-5-7-18(22)15-17/h5-7,15,19H,3-4,8-14,16H2,1-2H3,(H,24,28)(H2,23,25,26). The number of aliphatic imine (C=N–C) groups is 1. The molecule has 0 aromatic heterocycles. The molecule has 28 heavy (non-hydrogen) atoms. The average molecular weight is 392 g/mol. The van der Waals surface area contributed by atoms with E-state index >= 15 is 0 Å². The van der Waals surface area contributed by atoms with Gasteiger partial charge in [0.25, 0.3) is 0 Å². The van der Waals surface area contributed by atoms with E-state index in [1.165, 1.54) is 25.1 Å². The van der Waals surface area contributed by atoms with E-state index in [2.05, 4.69) is 32.8 Å². The van der Waals surface area contributed by atoms with Gasteiger partial charge in [0.2, 0.25) is 5.91 Å². The van der Waals surface area contributed by atoms with Crippen LogP contribution in [0.5, 0.6) is 0 Å². The largest absolute Gasteiger partial charge is 0.357 e. The minimum atomic E-state index is -0.322. The van der Waals surface area contributed by atoms with Crippen LogP contribution < -0.4 is 16.0 Å². The Balaban J connectivity index is 1.71. The number of hydrogen-bond acceptors (Lipinski definition) is 3. The van der Waals surface area contributed by atoms with Crippen molar-refractivity contribution in [3.05, 3.63) is 35.6 Å². The molecule has 0 bridgehead atoms. The van der Waals surface area contributed by atoms with Crippen LogP contribution in [0.3, 0.4) is 0 Å². The van der Waals surface area contributed by atoms with Crippen molar-refractivity contribution < 1.29 is 9.18 Å². The van der Waals surface area contributed by atoms with Crippen molar-refractivity contribution >= 4 is 11.9 Å². The predicted octanol–water partition coefficient (Wildman–Crippen LogP) is 1.91. The van der Waals surface area contributed by atoms with Gasteiger partial charge in [0.1, 0.15) is 5.82 Å². The van der Waals surface area contributed by atoms with E-state index in [4.69, 9.17) is 0 Å². The van der Waals surface area contributed by atoms with Crippen LogP contribution in [-0.2, 0) is 11.2 Å². The summed E-state index contributed by atoms with van der Waals surface area (Å²) >= 11 is 0. The minimum absolute atomic E-state index is 0.123. The summed E-state index contributed by atoms with van der Waals surface area (Å²) in [4.78, 5) is 19.0. The normalized spacial score (nSPS) is 16.0. The second-order valence-corrected chi connectivity index (χ2v) is 7.18. The van der Waals surface area contributed by atoms with Crippen LogP contribution in [0.4, 0.5) is 4.39 Å². The van der Waals surface area contributed by atoms with Crippen molar-refractivity contribution in [2.24, 2.45) is 4.99 Å². The molecule has 0 aliphatic carbocycles. The van der Waals surface area contributed by atoms with Crippen molar-refractivity contribution in [2.45, 2.75) is 45.6 Å². The lowest BCUT2D eigenvalue weighted by atomic mass is 10.1. The van der Waals surface area contributed by atoms with Crippen LogP contribution in [-0.4, -0.2) is 62.1 Å². The monoisotopic (exact) mass is 391 g/mol. The number of likely N-dealkylation sites (tertiary alicyclic amines) is 1. The Hall–Kier alpha value is -2.15. The van der Waals surface area contributed by atoms with E-state index in [0.717, 1.165) is 38.4 Å². The zero-order valence-corrected chi connectivity index (χ0v) is 17.1. The van der Waals surface area contributed by atoms with Crippen molar-refractivity contribution in [1.29, 1.82) is 0 Å². The van der Waals surface area contributed by atoms with Gasteiger partial charge in [-0.05, 0) is 50.4 Å². The van der Waals surface area contributed by atoms with Crippen LogP contribution in [0.1, 0.15) is 38.7 Å². The highest BCUT2D eigenvalue weighted by molar-refractivity contribution is 5.80. The lowest BCUT2D eigenvalue weighted by molar-refractivity contribution is -0.120. The summed E-state index contributed by atoms with van der Waals surface area (Å²) in [6.45, 7) is 9.45. The lowest BCUT2D eigenvalue weighted by Gasteiger charge is -2.32. The fraction of sp³-hybridized carbons (Fsp3) is 0.619. The average Bonchev–Trinajstić information content (AvgIpc) is 2.67. The summed E-state index contributed by atoms with van der Waals surface area (Å²) in [6.07, 6.45) is 3.62. The SMILES string of the molecule is CCCN1CCC(NC(=NCCNC(=O)Cc2cccc(F)c2)NCC)CC1. The number of carbonyl (C=O) groups excluding carboxylic acids is 1. The van der Waals surface area contributed by atoms with Gasteiger partial charge < -0.3 is 20.9 Å². The Morgan fingerprint density at radius 2 is 2.04 bits per heavy atom. The van der Waals surface area contributed by atoms with Crippen molar-refractivity contribution in [2.75, 3.05) is 39.3 Å². The molecule has 7 heteroatoms. The number of hydrogen-bond donors (Lipinski definition) is 3. The second-order valence-electron chi connectivity index (χ2n) is 7.18. The molecule has 1 aromatic carbocycles. The first-order valence-corrected chi connectivity index (χ1v) is 10.4. The first-order chi connectivity index (χ1) is 13.6. The molecular weight excluding hydrogens is 357 g/mol. The molecule has 0 spiro atoms. The molecule has 1 aromatic rings. The molecule has 3 N–H and O–H groups in total. The highest BCUT2D eigenvalue weighted by Gasteiger charge is 2.19. The Kier molecular flexibility index (Phi) is 9.76. The third-order valence-electron chi connectivity index (χ3n) is 4.77. The minimum Gasteiger partial charge on any atom is -0.357 e. The van der Waals surface area contributed by atoms with E-state index in [1.807, 2.05) is 6.92 Å². The third-order valence-corrected chi connectivity index (χ3v) is 4.77. The Bertz CT molecular complexity index is 629. The van der Waals surface area contributed by atoms with Gasteiger partial charge >= 0.3 is 0 Å². The van der Waals surface area contributed by atoms with E-state index in [-0.39, 0.29) is 18.1 Å². The maximum atomic E-state index is 13.2. The highest BCUT2D eigenvalue weighted by Crippen LogP contribution is 2.10. The number of guanidine groups is 1. The number of nitrogens with zero attached hydrogens (tertiary/aromatic N) is 2. The summed E-state index contributed by atoms with van der Waals surface area (Å²) in [5, 5.41) is 9.62. The van der Waals surface area contributed by atoms with Crippen LogP contribution in [0.25, 0.3) is 0 Å². The Morgan fingerprint density at radius 3 is 2.71 bits per heavy atom. The van der Waals surface area contributed by atoms with Crippen LogP contribution >= 0.6 is 0 Å². The van der Waals surface area contributed by atoms with Gasteiger partial charge in [0, 0.05) is 32.2 Å². The maximum absolute atomic E-state index is 13.2. The molecule has 0 radical (unpaired) electrons. The number of rotatable bonds is 9. The predicted molar refractivity (Wildman–Crippen MR) is 112 cm³/mol. The number of piperidine rings is 1.